The summed E-state index contributed by atoms with van der Waals surface area (Å²) in [5, 5.41) is 14.2. The van der Waals surface area contributed by atoms with Crippen molar-refractivity contribution >= 4 is 11.6 Å². The van der Waals surface area contributed by atoms with Crippen molar-refractivity contribution in [3.05, 3.63) is 28.1 Å². The highest BCUT2D eigenvalue weighted by Gasteiger charge is 2.26. The molecule has 0 radical (unpaired) electrons. The lowest BCUT2D eigenvalue weighted by molar-refractivity contribution is -0.384. The van der Waals surface area contributed by atoms with Gasteiger partial charge in [-0.3, -0.25) is 14.9 Å². The lowest BCUT2D eigenvalue weighted by Gasteiger charge is -2.32. The van der Waals surface area contributed by atoms with Gasteiger partial charge < -0.3 is 14.8 Å². The number of aryl methyl sites for hydroxylation is 1. The maximum absolute atomic E-state index is 12.5. The molecule has 1 fully saturated rings. The van der Waals surface area contributed by atoms with Gasteiger partial charge in [0.25, 0.3) is 11.6 Å². The summed E-state index contributed by atoms with van der Waals surface area (Å²) in [6, 6.07) is 1.63. The van der Waals surface area contributed by atoms with E-state index in [0.717, 1.165) is 13.0 Å². The van der Waals surface area contributed by atoms with Crippen molar-refractivity contribution < 1.29 is 9.72 Å². The molecule has 2 rings (SSSR count). The Morgan fingerprint density at radius 1 is 1.60 bits per heavy atom. The van der Waals surface area contributed by atoms with Crippen molar-refractivity contribution in [3.63, 3.8) is 0 Å². The third-order valence-corrected chi connectivity index (χ3v) is 3.43. The average molecular weight is 280 g/mol. The summed E-state index contributed by atoms with van der Waals surface area (Å²) >= 11 is 0. The summed E-state index contributed by atoms with van der Waals surface area (Å²) in [6.07, 6.45) is 2.27. The molecule has 1 unspecified atom stereocenters. The van der Waals surface area contributed by atoms with Crippen LogP contribution in [0.15, 0.2) is 12.3 Å². The van der Waals surface area contributed by atoms with E-state index in [1.165, 1.54) is 12.3 Å². The second kappa shape index (κ2) is 6.04. The van der Waals surface area contributed by atoms with Gasteiger partial charge >= 0.3 is 0 Å². The molecule has 0 aliphatic carbocycles. The van der Waals surface area contributed by atoms with Gasteiger partial charge in [0.1, 0.15) is 5.69 Å². The maximum Gasteiger partial charge on any atom is 0.287 e. The molecule has 1 atom stereocenters. The smallest absolute Gasteiger partial charge is 0.287 e. The predicted molar refractivity (Wildman–Crippen MR) is 74.7 cm³/mol. The molecule has 1 N–H and O–H groups in total. The Labute approximate surface area is 117 Å². The highest BCUT2D eigenvalue weighted by atomic mass is 16.6. The summed E-state index contributed by atoms with van der Waals surface area (Å²) in [5.41, 5.74) is 0.387. The Kier molecular flexibility index (Phi) is 4.39. The maximum atomic E-state index is 12.5. The molecule has 0 saturated carbocycles. The number of hydrogen-bond acceptors (Lipinski definition) is 4. The highest BCUT2D eigenvalue weighted by molar-refractivity contribution is 5.93. The second-order valence-electron chi connectivity index (χ2n) is 5.14. The van der Waals surface area contributed by atoms with Gasteiger partial charge in [0.15, 0.2) is 0 Å². The van der Waals surface area contributed by atoms with Gasteiger partial charge in [-0.2, -0.15) is 0 Å². The van der Waals surface area contributed by atoms with Crippen molar-refractivity contribution in [3.8, 4) is 0 Å². The van der Waals surface area contributed by atoms with Crippen LogP contribution in [0, 0.1) is 10.1 Å². The van der Waals surface area contributed by atoms with Crippen LogP contribution in [0.5, 0.6) is 0 Å². The van der Waals surface area contributed by atoms with Gasteiger partial charge in [0.2, 0.25) is 0 Å². The molecule has 1 aromatic rings. The minimum absolute atomic E-state index is 0.0232. The Morgan fingerprint density at radius 2 is 2.35 bits per heavy atom. The molecule has 1 aliphatic heterocycles. The number of carbonyl (C=O) groups excluding carboxylic acids is 1. The van der Waals surface area contributed by atoms with Crippen LogP contribution in [-0.2, 0) is 6.54 Å². The van der Waals surface area contributed by atoms with Crippen LogP contribution in [0.3, 0.4) is 0 Å². The van der Waals surface area contributed by atoms with Gasteiger partial charge in [-0.1, -0.05) is 6.92 Å². The number of hydrogen-bond donors (Lipinski definition) is 1. The third kappa shape index (κ3) is 2.98. The summed E-state index contributed by atoms with van der Waals surface area (Å²) in [6.45, 7) is 6.62. The highest BCUT2D eigenvalue weighted by Crippen LogP contribution is 2.19. The molecule has 20 heavy (non-hydrogen) atoms. The number of aromatic nitrogens is 1. The van der Waals surface area contributed by atoms with Gasteiger partial charge in [-0.25, -0.2) is 0 Å². The summed E-state index contributed by atoms with van der Waals surface area (Å²) in [4.78, 5) is 24.7. The number of amides is 1. The fourth-order valence-corrected chi connectivity index (χ4v) is 2.48. The quantitative estimate of drug-likeness (QED) is 0.664. The van der Waals surface area contributed by atoms with E-state index in [1.807, 2.05) is 13.8 Å². The van der Waals surface area contributed by atoms with Crippen LogP contribution in [-0.4, -0.2) is 46.0 Å². The zero-order chi connectivity index (χ0) is 14.7. The largest absolute Gasteiger partial charge is 0.337 e. The number of nitrogens with one attached hydrogen (secondary N) is 1. The molecule has 110 valence electrons. The Morgan fingerprint density at radius 3 is 2.95 bits per heavy atom. The fraction of sp³-hybridized carbons (Fsp3) is 0.615. The summed E-state index contributed by atoms with van der Waals surface area (Å²) < 4.78 is 1.69. The van der Waals surface area contributed by atoms with Crippen LogP contribution in [0.25, 0.3) is 0 Å². The first-order valence-electron chi connectivity index (χ1n) is 6.90. The molecule has 7 heteroatoms. The molecule has 0 spiro atoms. The van der Waals surface area contributed by atoms with Crippen LogP contribution < -0.4 is 5.32 Å². The van der Waals surface area contributed by atoms with Crippen LogP contribution in [0.1, 0.15) is 30.8 Å². The van der Waals surface area contributed by atoms with Gasteiger partial charge in [-0.15, -0.1) is 0 Å². The second-order valence-corrected chi connectivity index (χ2v) is 5.14. The number of carbonyl (C=O) groups is 1. The van der Waals surface area contributed by atoms with E-state index >= 15 is 0 Å². The zero-order valence-corrected chi connectivity index (χ0v) is 11.8. The molecule has 1 aromatic heterocycles. The number of nitro groups is 1. The first kappa shape index (κ1) is 14.5. The van der Waals surface area contributed by atoms with Gasteiger partial charge in [0, 0.05) is 38.3 Å². The minimum atomic E-state index is -0.455. The Bertz CT molecular complexity index is 512. The average Bonchev–Trinajstić information content (AvgIpc) is 2.82. The third-order valence-electron chi connectivity index (χ3n) is 3.43. The summed E-state index contributed by atoms with van der Waals surface area (Å²) in [5.74, 6) is -0.125. The molecule has 1 saturated heterocycles. The molecule has 1 aliphatic rings. The topological polar surface area (TPSA) is 80.4 Å². The van der Waals surface area contributed by atoms with E-state index in [4.69, 9.17) is 0 Å². The van der Waals surface area contributed by atoms with Crippen molar-refractivity contribution in [2.45, 2.75) is 32.9 Å². The van der Waals surface area contributed by atoms with Gasteiger partial charge in [-0.05, 0) is 13.3 Å². The van der Waals surface area contributed by atoms with Crippen molar-refractivity contribution in [2.75, 3.05) is 19.6 Å². The van der Waals surface area contributed by atoms with Gasteiger partial charge in [0.05, 0.1) is 11.1 Å². The number of rotatable bonds is 4. The van der Waals surface area contributed by atoms with Crippen LogP contribution >= 0.6 is 0 Å². The summed E-state index contributed by atoms with van der Waals surface area (Å²) in [7, 11) is 0. The lowest BCUT2D eigenvalue weighted by Crippen LogP contribution is -2.51. The van der Waals surface area contributed by atoms with Crippen LogP contribution in [0.4, 0.5) is 5.69 Å². The molecule has 1 amide bonds. The standard InChI is InChI=1S/C13H20N4O3/c1-3-5-15-9-11(17(19)20)7-12(15)13(18)16-6-4-14-10(2)8-16/h7,9-10,14H,3-6,8H2,1-2H3. The zero-order valence-electron chi connectivity index (χ0n) is 11.8. The van der Waals surface area contributed by atoms with E-state index in [1.54, 1.807) is 9.47 Å². The fourth-order valence-electron chi connectivity index (χ4n) is 2.48. The molecular weight excluding hydrogens is 260 g/mol. The monoisotopic (exact) mass is 280 g/mol. The van der Waals surface area contributed by atoms with E-state index in [2.05, 4.69) is 5.32 Å². The first-order valence-corrected chi connectivity index (χ1v) is 6.90. The first-order chi connectivity index (χ1) is 9.52. The van der Waals surface area contributed by atoms with E-state index in [-0.39, 0.29) is 17.6 Å². The number of nitrogens with zero attached hydrogens (tertiary/aromatic N) is 3. The van der Waals surface area contributed by atoms with E-state index in [9.17, 15) is 14.9 Å². The van der Waals surface area contributed by atoms with Crippen molar-refractivity contribution in [2.24, 2.45) is 0 Å². The molecule has 0 bridgehead atoms. The number of piperazine rings is 1. The van der Waals surface area contributed by atoms with Crippen molar-refractivity contribution in [1.29, 1.82) is 0 Å². The normalized spacial score (nSPS) is 19.1. The molecule has 0 aromatic carbocycles. The van der Waals surface area contributed by atoms with E-state index < -0.39 is 4.92 Å². The molecule has 2 heterocycles. The molecular formula is C13H20N4O3. The Hall–Kier alpha value is -1.89. The van der Waals surface area contributed by atoms with Crippen molar-refractivity contribution in [1.82, 2.24) is 14.8 Å². The molecule has 7 nitrogen and oxygen atoms in total. The van der Waals surface area contributed by atoms with Crippen LogP contribution in [0.2, 0.25) is 0 Å². The Balaban J connectivity index is 2.25. The SMILES string of the molecule is CCCn1cc([N+](=O)[O-])cc1C(=O)N1CCNC(C)C1. The lowest BCUT2D eigenvalue weighted by atomic mass is 10.2. The minimum Gasteiger partial charge on any atom is -0.337 e. The predicted octanol–water partition coefficient (Wildman–Crippen LogP) is 1.24. The van der Waals surface area contributed by atoms with E-state index in [0.29, 0.717) is 25.3 Å².